The number of aromatic hydroxyl groups is 1. The first-order chi connectivity index (χ1) is 11.2. The highest BCUT2D eigenvalue weighted by molar-refractivity contribution is 7.99. The molecule has 1 aromatic heterocycles. The van der Waals surface area contributed by atoms with Crippen LogP contribution in [-0.4, -0.2) is 37.0 Å². The minimum atomic E-state index is -0.205. The van der Waals surface area contributed by atoms with Crippen molar-refractivity contribution in [2.24, 2.45) is 0 Å². The largest absolute Gasteiger partial charge is 0.508 e. The highest BCUT2D eigenvalue weighted by Gasteiger charge is 2.11. The van der Waals surface area contributed by atoms with Crippen molar-refractivity contribution in [3.63, 3.8) is 0 Å². The van der Waals surface area contributed by atoms with E-state index in [0.29, 0.717) is 10.8 Å². The molecule has 0 aliphatic carbocycles. The lowest BCUT2D eigenvalue weighted by Crippen LogP contribution is -2.14. The molecule has 0 aliphatic rings. The van der Waals surface area contributed by atoms with Gasteiger partial charge >= 0.3 is 0 Å². The van der Waals surface area contributed by atoms with E-state index in [2.05, 4.69) is 20.8 Å². The Balaban J connectivity index is 1.63. The SMILES string of the molecule is O=C(CSc1nnnn1-c1ccccc1)Nc1cccc(O)c1. The van der Waals surface area contributed by atoms with E-state index in [1.165, 1.54) is 17.8 Å². The van der Waals surface area contributed by atoms with Crippen molar-refractivity contribution in [3.8, 4) is 11.4 Å². The molecule has 0 spiro atoms. The summed E-state index contributed by atoms with van der Waals surface area (Å²) in [5.74, 6) is 0.0507. The molecule has 0 bridgehead atoms. The van der Waals surface area contributed by atoms with Gasteiger partial charge in [0.25, 0.3) is 0 Å². The van der Waals surface area contributed by atoms with E-state index in [1.807, 2.05) is 30.3 Å². The highest BCUT2D eigenvalue weighted by atomic mass is 32.2. The number of aromatic nitrogens is 4. The Labute approximate surface area is 136 Å². The number of tetrazole rings is 1. The molecule has 1 heterocycles. The van der Waals surface area contributed by atoms with Crippen molar-refractivity contribution in [1.29, 1.82) is 0 Å². The van der Waals surface area contributed by atoms with Gasteiger partial charge in [-0.15, -0.1) is 5.10 Å². The fraction of sp³-hybridized carbons (Fsp3) is 0.0667. The van der Waals surface area contributed by atoms with Gasteiger partial charge in [0.2, 0.25) is 11.1 Å². The van der Waals surface area contributed by atoms with Gasteiger partial charge in [0.05, 0.1) is 11.4 Å². The molecule has 2 N–H and O–H groups in total. The highest BCUT2D eigenvalue weighted by Crippen LogP contribution is 2.19. The Morgan fingerprint density at radius 2 is 2.00 bits per heavy atom. The van der Waals surface area contributed by atoms with Gasteiger partial charge in [-0.05, 0) is 34.7 Å². The van der Waals surface area contributed by atoms with Crippen LogP contribution in [0.3, 0.4) is 0 Å². The summed E-state index contributed by atoms with van der Waals surface area (Å²) < 4.78 is 1.58. The topological polar surface area (TPSA) is 92.9 Å². The van der Waals surface area contributed by atoms with Crippen LogP contribution in [0.25, 0.3) is 5.69 Å². The smallest absolute Gasteiger partial charge is 0.234 e. The van der Waals surface area contributed by atoms with Crippen LogP contribution >= 0.6 is 11.8 Å². The number of phenolic OH excluding ortho intramolecular Hbond substituents is 1. The lowest BCUT2D eigenvalue weighted by atomic mass is 10.3. The van der Waals surface area contributed by atoms with Crippen molar-refractivity contribution < 1.29 is 9.90 Å². The number of anilines is 1. The van der Waals surface area contributed by atoms with Crippen LogP contribution < -0.4 is 5.32 Å². The summed E-state index contributed by atoms with van der Waals surface area (Å²) in [6.07, 6.45) is 0. The summed E-state index contributed by atoms with van der Waals surface area (Å²) in [6, 6.07) is 15.8. The molecule has 3 rings (SSSR count). The van der Waals surface area contributed by atoms with Gasteiger partial charge in [0, 0.05) is 11.8 Å². The number of thioether (sulfide) groups is 1. The number of hydrogen-bond acceptors (Lipinski definition) is 6. The summed E-state index contributed by atoms with van der Waals surface area (Å²) in [5, 5.41) is 24.1. The van der Waals surface area contributed by atoms with Gasteiger partial charge in [-0.1, -0.05) is 36.0 Å². The summed E-state index contributed by atoms with van der Waals surface area (Å²) >= 11 is 1.23. The summed E-state index contributed by atoms with van der Waals surface area (Å²) in [7, 11) is 0. The maximum Gasteiger partial charge on any atom is 0.234 e. The summed E-state index contributed by atoms with van der Waals surface area (Å²) in [6.45, 7) is 0. The van der Waals surface area contributed by atoms with E-state index in [0.717, 1.165) is 5.69 Å². The van der Waals surface area contributed by atoms with Crippen LogP contribution in [-0.2, 0) is 4.79 Å². The molecule has 3 aromatic rings. The van der Waals surface area contributed by atoms with Crippen LogP contribution in [0.5, 0.6) is 5.75 Å². The fourth-order valence-electron chi connectivity index (χ4n) is 1.91. The molecule has 0 fully saturated rings. The molecule has 1 amide bonds. The Kier molecular flexibility index (Phi) is 4.53. The zero-order valence-corrected chi connectivity index (χ0v) is 12.8. The summed E-state index contributed by atoms with van der Waals surface area (Å²) in [5.41, 5.74) is 1.37. The number of amides is 1. The monoisotopic (exact) mass is 327 g/mol. The molecular weight excluding hydrogens is 314 g/mol. The molecule has 0 unspecified atom stereocenters. The molecule has 23 heavy (non-hydrogen) atoms. The Morgan fingerprint density at radius 1 is 1.17 bits per heavy atom. The van der Waals surface area contributed by atoms with Gasteiger partial charge in [0.15, 0.2) is 0 Å². The van der Waals surface area contributed by atoms with Crippen LogP contribution in [0.1, 0.15) is 0 Å². The standard InChI is InChI=1S/C15H13N5O2S/c21-13-8-4-5-11(9-13)16-14(22)10-23-15-17-18-19-20(15)12-6-2-1-3-7-12/h1-9,21H,10H2,(H,16,22). The van der Waals surface area contributed by atoms with E-state index in [-0.39, 0.29) is 17.4 Å². The zero-order valence-electron chi connectivity index (χ0n) is 12.0. The van der Waals surface area contributed by atoms with Crippen LogP contribution in [0.15, 0.2) is 59.8 Å². The number of para-hydroxylation sites is 1. The second kappa shape index (κ2) is 6.93. The van der Waals surface area contributed by atoms with Gasteiger partial charge in [-0.25, -0.2) is 0 Å². The molecule has 8 heteroatoms. The van der Waals surface area contributed by atoms with E-state index in [1.54, 1.807) is 22.9 Å². The van der Waals surface area contributed by atoms with Crippen molar-refractivity contribution in [3.05, 3.63) is 54.6 Å². The average molecular weight is 327 g/mol. The zero-order chi connectivity index (χ0) is 16.1. The third-order valence-corrected chi connectivity index (χ3v) is 3.82. The number of carbonyl (C=O) groups is 1. The van der Waals surface area contributed by atoms with Crippen molar-refractivity contribution >= 4 is 23.4 Å². The first-order valence-corrected chi connectivity index (χ1v) is 7.76. The minimum absolute atomic E-state index is 0.100. The lowest BCUT2D eigenvalue weighted by Gasteiger charge is -2.06. The van der Waals surface area contributed by atoms with Gasteiger partial charge < -0.3 is 10.4 Å². The number of rotatable bonds is 5. The quantitative estimate of drug-likeness (QED) is 0.697. The number of carbonyl (C=O) groups excluding carboxylic acids is 1. The molecule has 0 saturated heterocycles. The first kappa shape index (κ1) is 15.0. The van der Waals surface area contributed by atoms with Crippen molar-refractivity contribution in [1.82, 2.24) is 20.2 Å². The predicted octanol–water partition coefficient (Wildman–Crippen LogP) is 2.10. The van der Waals surface area contributed by atoms with Crippen LogP contribution in [0.2, 0.25) is 0 Å². The molecular formula is C15H13N5O2S. The molecule has 0 radical (unpaired) electrons. The predicted molar refractivity (Wildman–Crippen MR) is 86.6 cm³/mol. The van der Waals surface area contributed by atoms with Gasteiger partial charge in [-0.2, -0.15) is 4.68 Å². The Hall–Kier alpha value is -2.87. The maximum atomic E-state index is 12.0. The second-order valence-corrected chi connectivity index (χ2v) is 5.54. The van der Waals surface area contributed by atoms with Crippen molar-refractivity contribution in [2.45, 2.75) is 5.16 Å². The number of nitrogens with one attached hydrogen (secondary N) is 1. The number of benzene rings is 2. The molecule has 116 valence electrons. The normalized spacial score (nSPS) is 10.4. The van der Waals surface area contributed by atoms with Gasteiger partial charge in [0.1, 0.15) is 5.75 Å². The van der Waals surface area contributed by atoms with E-state index in [9.17, 15) is 9.90 Å². The average Bonchev–Trinajstić information content (AvgIpc) is 3.02. The van der Waals surface area contributed by atoms with Gasteiger partial charge in [-0.3, -0.25) is 4.79 Å². The first-order valence-electron chi connectivity index (χ1n) is 6.78. The summed E-state index contributed by atoms with van der Waals surface area (Å²) in [4.78, 5) is 12.0. The minimum Gasteiger partial charge on any atom is -0.508 e. The van der Waals surface area contributed by atoms with Crippen LogP contribution in [0.4, 0.5) is 5.69 Å². The van der Waals surface area contributed by atoms with Crippen LogP contribution in [0, 0.1) is 0 Å². The van der Waals surface area contributed by atoms with E-state index in [4.69, 9.17) is 0 Å². The Bertz CT molecular complexity index is 806. The Morgan fingerprint density at radius 3 is 2.78 bits per heavy atom. The maximum absolute atomic E-state index is 12.0. The number of nitrogens with zero attached hydrogens (tertiary/aromatic N) is 4. The third-order valence-electron chi connectivity index (χ3n) is 2.90. The molecule has 7 nitrogen and oxygen atoms in total. The molecule has 2 aromatic carbocycles. The fourth-order valence-corrected chi connectivity index (χ4v) is 2.60. The third kappa shape index (κ3) is 3.86. The number of hydrogen-bond donors (Lipinski definition) is 2. The molecule has 0 atom stereocenters. The second-order valence-electron chi connectivity index (χ2n) is 4.60. The van der Waals surface area contributed by atoms with E-state index < -0.39 is 0 Å². The lowest BCUT2D eigenvalue weighted by molar-refractivity contribution is -0.113. The van der Waals surface area contributed by atoms with Crippen molar-refractivity contribution in [2.75, 3.05) is 11.1 Å². The molecule has 0 saturated carbocycles. The van der Waals surface area contributed by atoms with E-state index >= 15 is 0 Å². The number of phenols is 1. The molecule has 0 aliphatic heterocycles.